The highest BCUT2D eigenvalue weighted by Gasteiger charge is 2.37. The first kappa shape index (κ1) is 104. The van der Waals surface area contributed by atoms with Crippen LogP contribution in [0.5, 0.6) is 0 Å². The quantitative estimate of drug-likeness (QED) is 0.0391. The molecule has 3 aliphatic rings. The number of nitrogens with zero attached hydrogens (tertiary/aromatic N) is 26. The van der Waals surface area contributed by atoms with Crippen LogP contribution in [0.4, 0.5) is 34.1 Å². The monoisotopic (exact) mass is 1920 g/mol. The maximum Gasteiger partial charge on any atom is 0.416 e. The van der Waals surface area contributed by atoms with Gasteiger partial charge < -0.3 is 50.1 Å². The van der Waals surface area contributed by atoms with Crippen molar-refractivity contribution in [3.8, 4) is 57.2 Å². The van der Waals surface area contributed by atoms with Crippen LogP contribution in [0, 0.1) is 69.2 Å². The summed E-state index contributed by atoms with van der Waals surface area (Å²) in [5.41, 5.74) is 20.0. The van der Waals surface area contributed by atoms with E-state index in [1.807, 2.05) is 201 Å². The van der Waals surface area contributed by atoms with Crippen molar-refractivity contribution in [1.29, 1.82) is 0 Å². The fourth-order valence-corrected chi connectivity index (χ4v) is 16.2. The van der Waals surface area contributed by atoms with Crippen molar-refractivity contribution in [3.63, 3.8) is 0 Å². The summed E-state index contributed by atoms with van der Waals surface area (Å²) in [6.45, 7) is 37.5. The van der Waals surface area contributed by atoms with Gasteiger partial charge in [0.2, 0.25) is 17.8 Å². The Bertz CT molecular complexity index is 6720. The number of hydrogen-bond acceptors (Lipinski definition) is 31. The SMILES string of the molecule is CC(=O)NCC1COC(=O)N1c1cc(-c2cccc(C)n2)nc(Cc2ccnc(C)c2)n1.Cc1cc(Cc2nc(-c3cccc(C)n3)nc(N(C)CC(C)(C)O)n2)ccn1.Cc1cc(Cc2nc(NCC(C)(C)O)cc(-c3cccc(C)n3)n2)ccn1.Cc1cccc(Cc2nc(-c3cccc(C)n3)cc(N3CCN(C)CC3)n2)c1.Cc1cccc(Cc2nc(-c3cccc(C)n3)nc(N3CCN(C)CC3)n2)c1. The molecule has 143 heavy (non-hydrogen) atoms. The van der Waals surface area contributed by atoms with E-state index < -0.39 is 17.3 Å². The maximum absolute atomic E-state index is 12.6. The number of likely N-dealkylation sites (N-methyl/N-ethyl adjacent to an activating group) is 3. The third-order valence-corrected chi connectivity index (χ3v) is 23.3. The van der Waals surface area contributed by atoms with Gasteiger partial charge in [0.1, 0.15) is 64.6 Å². The van der Waals surface area contributed by atoms with Gasteiger partial charge in [-0.3, -0.25) is 39.6 Å². The van der Waals surface area contributed by atoms with Gasteiger partial charge in [-0.25, -0.2) is 54.6 Å². The Hall–Kier alpha value is -15.3. The van der Waals surface area contributed by atoms with E-state index in [-0.39, 0.29) is 25.1 Å². The van der Waals surface area contributed by atoms with E-state index in [1.54, 1.807) is 52.4 Å². The number of piperazine rings is 2. The standard InChI is InChI=1S/C23H24N6O3.C23H27N5.C22H26N6.C21H26N6O.C21H25N5O/c1-14-5-4-6-19(26-14)20-11-22(29-18(12-25-16(3)30)13-32-23(29)31)28-21(27-20)10-17-7-8-24-15(2)9-17;1-17-6-4-8-19(14-17)15-22-25-21(20-9-5-7-18(2)24-20)16-23(26-22)28-12-10-27(3)11-13-28;1-16-6-4-8-18(14-16)15-20-24-21(19-9-5-7-17(2)23-19)26-22(25-20)28-12-10-27(3)11-13-28;1-14-7-6-8-17(23-14)19-24-18(12-16-9-10-22-15(2)11-16)25-20(26-19)27(5)13-21(3,4)28;1-14-6-5-7-17(24-14)18-12-19(23-13-21(3,4)27)26-20(25-18)11-16-8-9-22-15(2)10-16/h4-9,11,18H,10,12-13H2,1-3H3,(H,25,30);4-9,14,16H,10-13,15H2,1-3H3;4-9,14H,10-13,15H2,1-3H3;6-11,28H,12-13H2,1-5H3;5-10,12,27H,11,13H2,1-4H3,(H,23,25,26). The zero-order chi connectivity index (χ0) is 101. The lowest BCUT2D eigenvalue weighted by Gasteiger charge is -2.33. The number of aromatic nitrogens is 20. The van der Waals surface area contributed by atoms with Crippen molar-refractivity contribution in [2.24, 2.45) is 0 Å². The molecule has 1 unspecified atom stereocenters. The Morgan fingerprint density at radius 2 is 0.776 bits per heavy atom. The highest BCUT2D eigenvalue weighted by atomic mass is 16.6. The molecule has 33 nitrogen and oxygen atoms in total. The van der Waals surface area contributed by atoms with Crippen molar-refractivity contribution in [2.75, 3.05) is 125 Å². The molecule has 18 rings (SSSR count). The van der Waals surface area contributed by atoms with Crippen LogP contribution >= 0.6 is 0 Å². The molecule has 0 aliphatic carbocycles. The molecule has 0 radical (unpaired) electrons. The third-order valence-electron chi connectivity index (χ3n) is 23.3. The zero-order valence-corrected chi connectivity index (χ0v) is 85.1. The molecular formula is C110H128N28O5. The number of hydrogen-bond donors (Lipinski definition) is 4. The van der Waals surface area contributed by atoms with Crippen molar-refractivity contribution in [2.45, 2.75) is 153 Å². The lowest BCUT2D eigenvalue weighted by molar-refractivity contribution is -0.119. The molecule has 3 fully saturated rings. The van der Waals surface area contributed by atoms with Gasteiger partial charge in [-0.15, -0.1) is 0 Å². The van der Waals surface area contributed by atoms with Crippen molar-refractivity contribution >= 4 is 41.4 Å². The van der Waals surface area contributed by atoms with Gasteiger partial charge in [0, 0.05) is 200 Å². The number of pyridine rings is 8. The summed E-state index contributed by atoms with van der Waals surface area (Å²) in [5.74, 6) is 7.87. The van der Waals surface area contributed by atoms with E-state index in [1.165, 1.54) is 34.1 Å². The van der Waals surface area contributed by atoms with Gasteiger partial charge in [-0.05, 0) is 236 Å². The molecular weight excluding hydrogens is 1790 g/mol. The minimum atomic E-state index is -0.870. The number of nitrogens with one attached hydrogen (secondary N) is 2. The van der Waals surface area contributed by atoms with Gasteiger partial charge in [-0.1, -0.05) is 90.0 Å². The number of amides is 2. The summed E-state index contributed by atoms with van der Waals surface area (Å²) in [6, 6.07) is 63.6. The van der Waals surface area contributed by atoms with Crippen LogP contribution in [-0.2, 0) is 41.6 Å². The lowest BCUT2D eigenvalue weighted by atomic mass is 10.1. The fourth-order valence-electron chi connectivity index (χ4n) is 16.2. The molecule has 2 amide bonds. The van der Waals surface area contributed by atoms with Gasteiger partial charge >= 0.3 is 6.09 Å². The number of benzene rings is 2. The Morgan fingerprint density at radius 3 is 1.20 bits per heavy atom. The van der Waals surface area contributed by atoms with Crippen molar-refractivity contribution in [1.82, 2.24) is 115 Å². The average molecular weight is 1920 g/mol. The molecule has 738 valence electrons. The average Bonchev–Trinajstić information content (AvgIpc) is 1.70. The van der Waals surface area contributed by atoms with E-state index in [9.17, 15) is 19.8 Å². The van der Waals surface area contributed by atoms with Crippen LogP contribution in [0.15, 0.2) is 213 Å². The van der Waals surface area contributed by atoms with Crippen molar-refractivity contribution in [3.05, 3.63) is 326 Å². The molecule has 3 saturated heterocycles. The predicted molar refractivity (Wildman–Crippen MR) is 559 cm³/mol. The summed E-state index contributed by atoms with van der Waals surface area (Å²) in [4.78, 5) is 129. The number of aryl methyl sites for hydroxylation is 10. The summed E-state index contributed by atoms with van der Waals surface area (Å²) >= 11 is 0. The first-order valence-corrected chi connectivity index (χ1v) is 48.2. The molecule has 3 aliphatic heterocycles. The molecule has 1 atom stereocenters. The first-order valence-electron chi connectivity index (χ1n) is 48.2. The van der Waals surface area contributed by atoms with Gasteiger partial charge in [0.05, 0.1) is 51.4 Å². The number of carbonyl (C=O) groups is 2. The topological polar surface area (TPSA) is 385 Å². The summed E-state index contributed by atoms with van der Waals surface area (Å²) in [7, 11) is 6.18. The van der Waals surface area contributed by atoms with Crippen LogP contribution in [0.3, 0.4) is 0 Å². The highest BCUT2D eigenvalue weighted by Crippen LogP contribution is 2.31. The van der Waals surface area contributed by atoms with Gasteiger partial charge in [0.15, 0.2) is 11.6 Å². The number of carbonyl (C=O) groups excluding carboxylic acids is 2. The van der Waals surface area contributed by atoms with Gasteiger partial charge in [0.25, 0.3) is 0 Å². The Labute approximate surface area is 837 Å². The number of aliphatic hydroxyl groups is 2. The number of cyclic esters (lactones) is 1. The van der Waals surface area contributed by atoms with Crippen LogP contribution in [0.25, 0.3) is 57.2 Å². The summed E-state index contributed by atoms with van der Waals surface area (Å²) in [6.07, 6.45) is 7.86. The van der Waals surface area contributed by atoms with Crippen LogP contribution in [0.1, 0.15) is 148 Å². The van der Waals surface area contributed by atoms with Crippen LogP contribution in [0.2, 0.25) is 0 Å². The second kappa shape index (κ2) is 48.2. The third kappa shape index (κ3) is 31.6. The molecule has 16 heterocycles. The first-order chi connectivity index (χ1) is 68.5. The molecule has 0 saturated carbocycles. The van der Waals surface area contributed by atoms with E-state index in [0.717, 1.165) is 173 Å². The lowest BCUT2D eigenvalue weighted by Crippen LogP contribution is -2.45. The molecule has 4 N–H and O–H groups in total. The Kier molecular flexibility index (Phi) is 34.9. The van der Waals surface area contributed by atoms with E-state index in [0.29, 0.717) is 103 Å². The van der Waals surface area contributed by atoms with E-state index in [4.69, 9.17) is 39.6 Å². The molecule has 2 aromatic carbocycles. The Morgan fingerprint density at radius 1 is 0.392 bits per heavy atom. The minimum absolute atomic E-state index is 0.167. The normalized spacial score (nSPS) is 13.8. The summed E-state index contributed by atoms with van der Waals surface area (Å²) in [5, 5.41) is 26.1. The van der Waals surface area contributed by atoms with E-state index in [2.05, 4.69) is 178 Å². The number of rotatable bonds is 26. The molecule has 13 aromatic heterocycles. The largest absolute Gasteiger partial charge is 0.447 e. The molecule has 15 aromatic rings. The predicted octanol–water partition coefficient (Wildman–Crippen LogP) is 15.1. The minimum Gasteiger partial charge on any atom is -0.447 e. The molecule has 0 spiro atoms. The second-order valence-corrected chi connectivity index (χ2v) is 37.9. The zero-order valence-electron chi connectivity index (χ0n) is 85.1. The number of anilines is 5. The Balaban J connectivity index is 0.000000142. The van der Waals surface area contributed by atoms with Crippen molar-refractivity contribution < 1.29 is 24.5 Å². The fraction of sp³-hybridized carbons (Fsp3) is 0.345. The number of ether oxygens (including phenoxy) is 1. The summed E-state index contributed by atoms with van der Waals surface area (Å²) < 4.78 is 5.25. The van der Waals surface area contributed by atoms with Gasteiger partial charge in [-0.2, -0.15) is 19.9 Å². The maximum atomic E-state index is 12.6. The molecule has 0 bridgehead atoms. The smallest absolute Gasteiger partial charge is 0.416 e. The second-order valence-electron chi connectivity index (χ2n) is 37.9. The highest BCUT2D eigenvalue weighted by molar-refractivity contribution is 5.90. The van der Waals surface area contributed by atoms with Crippen LogP contribution in [-0.4, -0.2) is 249 Å². The van der Waals surface area contributed by atoms with E-state index >= 15 is 0 Å². The van der Waals surface area contributed by atoms with Crippen LogP contribution < -0.4 is 30.2 Å². The molecule has 33 heteroatoms.